The molecule has 0 saturated carbocycles. The minimum Gasteiger partial charge on any atom is -0.482 e. The second-order valence-electron chi connectivity index (χ2n) is 13.9. The average Bonchev–Trinajstić information content (AvgIpc) is 3.02. The summed E-state index contributed by atoms with van der Waals surface area (Å²) in [6, 6.07) is 9.87. The first-order valence-electron chi connectivity index (χ1n) is 16.1. The van der Waals surface area contributed by atoms with Crippen LogP contribution in [0.2, 0.25) is 10.0 Å². The number of anilines is 2. The lowest BCUT2D eigenvalue weighted by Gasteiger charge is -2.32. The van der Waals surface area contributed by atoms with Gasteiger partial charge in [-0.2, -0.15) is 4.90 Å². The summed E-state index contributed by atoms with van der Waals surface area (Å²) in [5, 5.41) is 10.5. The Labute approximate surface area is 305 Å². The molecule has 4 amide bonds. The minimum atomic E-state index is -1.17. The molecule has 1 saturated heterocycles. The van der Waals surface area contributed by atoms with Gasteiger partial charge in [-0.1, -0.05) is 23.2 Å². The van der Waals surface area contributed by atoms with Crippen molar-refractivity contribution in [1.29, 1.82) is 0 Å². The summed E-state index contributed by atoms with van der Waals surface area (Å²) >= 11 is 12.6. The number of amides is 4. The molecule has 0 aliphatic carbocycles. The second kappa shape index (κ2) is 15.8. The van der Waals surface area contributed by atoms with E-state index in [4.69, 9.17) is 37.4 Å². The zero-order valence-corrected chi connectivity index (χ0v) is 31.2. The van der Waals surface area contributed by atoms with Crippen molar-refractivity contribution in [1.82, 2.24) is 20.0 Å². The van der Waals surface area contributed by atoms with Crippen molar-refractivity contribution >= 4 is 58.7 Å². The van der Waals surface area contributed by atoms with Crippen LogP contribution in [-0.2, 0) is 9.47 Å². The lowest BCUT2D eigenvalue weighted by atomic mass is 10.1. The van der Waals surface area contributed by atoms with Gasteiger partial charge in [-0.3, -0.25) is 9.59 Å². The van der Waals surface area contributed by atoms with E-state index >= 15 is 0 Å². The number of hydrogen-bond donors (Lipinski definition) is 1. The first-order valence-corrected chi connectivity index (χ1v) is 16.8. The van der Waals surface area contributed by atoms with Gasteiger partial charge in [0.1, 0.15) is 23.1 Å². The van der Waals surface area contributed by atoms with E-state index in [-0.39, 0.29) is 33.0 Å². The Morgan fingerprint density at radius 3 is 2.00 bits per heavy atom. The van der Waals surface area contributed by atoms with Crippen molar-refractivity contribution in [3.05, 3.63) is 75.1 Å². The number of rotatable bonds is 7. The van der Waals surface area contributed by atoms with Crippen LogP contribution in [0.5, 0.6) is 5.75 Å². The number of carbonyl (C=O) groups is 4. The lowest BCUT2D eigenvalue weighted by Crippen LogP contribution is -2.47. The van der Waals surface area contributed by atoms with Crippen LogP contribution in [0.1, 0.15) is 81.0 Å². The maximum absolute atomic E-state index is 14.5. The van der Waals surface area contributed by atoms with E-state index < -0.39 is 47.0 Å². The highest BCUT2D eigenvalue weighted by atomic mass is 35.5. The molecule has 2 aromatic carbocycles. The number of hydrogen-bond acceptors (Lipinski definition) is 10. The summed E-state index contributed by atoms with van der Waals surface area (Å²) in [7, 11) is 2.00. The zero-order valence-electron chi connectivity index (χ0n) is 29.7. The van der Waals surface area contributed by atoms with Crippen molar-refractivity contribution in [3.8, 4) is 5.75 Å². The average molecular weight is 748 g/mol. The first-order chi connectivity index (χ1) is 23.7. The zero-order chi connectivity index (χ0) is 37.8. The third-order valence-electron chi connectivity index (χ3n) is 7.31. The van der Waals surface area contributed by atoms with E-state index in [1.807, 2.05) is 7.05 Å². The summed E-state index contributed by atoms with van der Waals surface area (Å²) in [6.45, 7) is 13.9. The van der Waals surface area contributed by atoms with Crippen LogP contribution in [0.25, 0.3) is 0 Å². The van der Waals surface area contributed by atoms with E-state index in [9.17, 15) is 23.6 Å². The Kier molecular flexibility index (Phi) is 12.2. The van der Waals surface area contributed by atoms with Gasteiger partial charge < -0.3 is 29.3 Å². The number of aromatic nitrogens is 2. The highest BCUT2D eigenvalue weighted by Crippen LogP contribution is 2.38. The van der Waals surface area contributed by atoms with Crippen molar-refractivity contribution in [2.75, 3.05) is 43.4 Å². The molecule has 1 atom stereocenters. The predicted octanol–water partition coefficient (Wildman–Crippen LogP) is 7.38. The molecule has 0 radical (unpaired) electrons. The molecule has 274 valence electrons. The van der Waals surface area contributed by atoms with Crippen LogP contribution < -0.4 is 15.0 Å². The van der Waals surface area contributed by atoms with E-state index in [1.165, 1.54) is 13.0 Å². The molecule has 1 aliphatic rings. The Hall–Kier alpha value is -4.53. The van der Waals surface area contributed by atoms with E-state index in [0.717, 1.165) is 25.2 Å². The van der Waals surface area contributed by atoms with Gasteiger partial charge >= 0.3 is 12.2 Å². The third-order valence-corrected chi connectivity index (χ3v) is 8.02. The number of piperazine rings is 1. The topological polar surface area (TPSA) is 144 Å². The molecule has 51 heavy (non-hydrogen) atoms. The van der Waals surface area contributed by atoms with E-state index in [2.05, 4.69) is 20.4 Å². The molecule has 0 bridgehead atoms. The molecule has 2 heterocycles. The molecule has 1 N–H and O–H groups in total. The largest absolute Gasteiger partial charge is 0.482 e. The molecule has 4 rings (SSSR count). The standard InChI is InChI=1S/C35H41Cl2FN6O7/c1-20(27-23(36)13-14-24(38)28(27)37)49-26-19-25(40-41-29(26)44(32(47)50-34(2,3)4)33(48)51-35(5,6)7)30(45)39-22-11-9-21(10-12-22)31(46)43-17-15-42(8)16-18-43/h9-14,19-20H,15-18H2,1-8H3,(H,39,45). The van der Waals surface area contributed by atoms with Gasteiger partial charge in [0.05, 0.1) is 5.02 Å². The Morgan fingerprint density at radius 1 is 0.882 bits per heavy atom. The summed E-state index contributed by atoms with van der Waals surface area (Å²) in [5.74, 6) is -2.43. The van der Waals surface area contributed by atoms with Crippen LogP contribution >= 0.6 is 23.2 Å². The number of nitrogens with zero attached hydrogens (tertiary/aromatic N) is 5. The monoisotopic (exact) mass is 746 g/mol. The second-order valence-corrected chi connectivity index (χ2v) is 14.6. The normalized spacial score (nSPS) is 14.4. The Balaban J connectivity index is 1.70. The molecule has 3 aromatic rings. The summed E-state index contributed by atoms with van der Waals surface area (Å²) in [6.07, 6.45) is -3.45. The maximum Gasteiger partial charge on any atom is 0.425 e. The highest BCUT2D eigenvalue weighted by molar-refractivity contribution is 6.36. The summed E-state index contributed by atoms with van der Waals surface area (Å²) < 4.78 is 31.5. The first kappa shape index (κ1) is 39.3. The van der Waals surface area contributed by atoms with Crippen molar-refractivity contribution in [2.24, 2.45) is 0 Å². The van der Waals surface area contributed by atoms with Crippen LogP contribution in [0.4, 0.5) is 25.5 Å². The molecule has 16 heteroatoms. The SMILES string of the molecule is CC(Oc1cc(C(=O)Nc2ccc(C(=O)N3CCN(C)CC3)cc2)nnc1N(C(=O)OC(C)(C)C)C(=O)OC(C)(C)C)c1c(Cl)ccc(F)c1Cl. The van der Waals surface area contributed by atoms with Gasteiger partial charge in [-0.15, -0.1) is 10.2 Å². The van der Waals surface area contributed by atoms with Gasteiger partial charge in [0.2, 0.25) is 5.82 Å². The van der Waals surface area contributed by atoms with Crippen LogP contribution in [0.3, 0.4) is 0 Å². The number of benzene rings is 2. The summed E-state index contributed by atoms with van der Waals surface area (Å²) in [4.78, 5) is 57.8. The lowest BCUT2D eigenvalue weighted by molar-refractivity contribution is 0.0425. The summed E-state index contributed by atoms with van der Waals surface area (Å²) in [5.41, 5.74) is -1.52. The number of ether oxygens (including phenoxy) is 3. The molecule has 1 fully saturated rings. The van der Waals surface area contributed by atoms with Crippen LogP contribution in [0, 0.1) is 5.82 Å². The van der Waals surface area contributed by atoms with Gasteiger partial charge in [0.25, 0.3) is 11.8 Å². The van der Waals surface area contributed by atoms with Crippen molar-refractivity contribution < 1.29 is 37.8 Å². The van der Waals surface area contributed by atoms with Crippen LogP contribution in [0.15, 0.2) is 42.5 Å². The molecule has 1 aliphatic heterocycles. The van der Waals surface area contributed by atoms with Crippen LogP contribution in [-0.4, -0.2) is 88.4 Å². The fourth-order valence-electron chi connectivity index (χ4n) is 4.83. The van der Waals surface area contributed by atoms with E-state index in [0.29, 0.717) is 29.2 Å². The molecule has 0 spiro atoms. The van der Waals surface area contributed by atoms with Crippen molar-refractivity contribution in [2.45, 2.75) is 65.8 Å². The molecule has 1 unspecified atom stereocenters. The molecular weight excluding hydrogens is 706 g/mol. The van der Waals surface area contributed by atoms with Crippen molar-refractivity contribution in [3.63, 3.8) is 0 Å². The maximum atomic E-state index is 14.5. The number of likely N-dealkylation sites (N-methyl/N-ethyl adjacent to an activating group) is 1. The van der Waals surface area contributed by atoms with E-state index in [1.54, 1.807) is 70.7 Å². The molecule has 13 nitrogen and oxygen atoms in total. The number of imide groups is 1. The Bertz CT molecular complexity index is 1760. The minimum absolute atomic E-state index is 0.0550. The van der Waals surface area contributed by atoms with Gasteiger partial charge in [0.15, 0.2) is 11.4 Å². The number of carbonyl (C=O) groups excluding carboxylic acids is 4. The fourth-order valence-corrected chi connectivity index (χ4v) is 5.51. The predicted molar refractivity (Wildman–Crippen MR) is 190 cm³/mol. The molecule has 1 aromatic heterocycles. The third kappa shape index (κ3) is 10.3. The highest BCUT2D eigenvalue weighted by Gasteiger charge is 2.37. The Morgan fingerprint density at radius 2 is 1.45 bits per heavy atom. The van der Waals surface area contributed by atoms with Gasteiger partial charge in [-0.25, -0.2) is 14.0 Å². The quantitative estimate of drug-likeness (QED) is 0.243. The molecular formula is C35H41Cl2FN6O7. The van der Waals surface area contributed by atoms with Gasteiger partial charge in [-0.05, 0) is 91.9 Å². The fraction of sp³-hybridized carbons (Fsp3) is 0.429. The number of halogens is 3. The smallest absolute Gasteiger partial charge is 0.425 e. The number of nitrogens with one attached hydrogen (secondary N) is 1. The van der Waals surface area contributed by atoms with Gasteiger partial charge in [0, 0.05) is 54.1 Å².